The minimum atomic E-state index is -0.880. The average Bonchev–Trinajstić information content (AvgIpc) is 2.89. The molecule has 25 heavy (non-hydrogen) atoms. The van der Waals surface area contributed by atoms with Crippen molar-refractivity contribution in [1.29, 1.82) is 0 Å². The van der Waals surface area contributed by atoms with Gasteiger partial charge in [0.25, 0.3) is 0 Å². The highest BCUT2D eigenvalue weighted by molar-refractivity contribution is 6.62. The van der Waals surface area contributed by atoms with Crippen LogP contribution >= 0.6 is 0 Å². The van der Waals surface area contributed by atoms with E-state index in [4.69, 9.17) is 9.31 Å². The van der Waals surface area contributed by atoms with Crippen molar-refractivity contribution < 1.29 is 19.2 Å². The average molecular weight is 349 g/mol. The van der Waals surface area contributed by atoms with Gasteiger partial charge in [0, 0.05) is 24.4 Å². The molecular weight excluding hydrogens is 321 g/mol. The van der Waals surface area contributed by atoms with E-state index in [1.807, 2.05) is 38.6 Å². The van der Waals surface area contributed by atoms with Crippen LogP contribution in [-0.4, -0.2) is 56.8 Å². The van der Waals surface area contributed by atoms with Crippen molar-refractivity contribution in [2.75, 3.05) is 6.54 Å². The zero-order valence-electron chi connectivity index (χ0n) is 16.1. The molecule has 2 unspecified atom stereocenters. The molecule has 0 aromatic carbocycles. The maximum atomic E-state index is 11.4. The standard InChI is InChI=1S/C17H28BN3O4/c1-15(2,3)13-12(10-20(13)14(22)23)21-9-11(8-19-21)18-24-16(4,5)17(6,7)25-18/h8-9,12-13H,10H2,1-7H3,(H,22,23). The van der Waals surface area contributed by atoms with Crippen LogP contribution in [0.4, 0.5) is 4.79 Å². The molecule has 0 aliphatic carbocycles. The molecule has 1 N–H and O–H groups in total. The predicted octanol–water partition coefficient (Wildman–Crippen LogP) is 2.13. The molecule has 1 aromatic rings. The first-order valence-corrected chi connectivity index (χ1v) is 8.73. The Kier molecular flexibility index (Phi) is 4.00. The molecule has 0 bridgehead atoms. The summed E-state index contributed by atoms with van der Waals surface area (Å²) in [6.45, 7) is 14.7. The fourth-order valence-corrected chi connectivity index (χ4v) is 3.59. The van der Waals surface area contributed by atoms with Gasteiger partial charge in [-0.15, -0.1) is 0 Å². The molecular formula is C17H28BN3O4. The smallest absolute Gasteiger partial charge is 0.465 e. The van der Waals surface area contributed by atoms with Gasteiger partial charge in [-0.3, -0.25) is 4.68 Å². The lowest BCUT2D eigenvalue weighted by Crippen LogP contribution is -2.63. The van der Waals surface area contributed by atoms with E-state index in [2.05, 4.69) is 25.9 Å². The second kappa shape index (κ2) is 5.48. The molecule has 0 spiro atoms. The van der Waals surface area contributed by atoms with Crippen molar-refractivity contribution in [2.24, 2.45) is 5.41 Å². The number of amides is 1. The number of carbonyl (C=O) groups is 1. The summed E-state index contributed by atoms with van der Waals surface area (Å²) in [6, 6.07) is -0.0941. The highest BCUT2D eigenvalue weighted by Gasteiger charge is 2.53. The van der Waals surface area contributed by atoms with E-state index in [9.17, 15) is 9.90 Å². The van der Waals surface area contributed by atoms with Crippen LogP contribution in [0.2, 0.25) is 0 Å². The van der Waals surface area contributed by atoms with Crippen molar-refractivity contribution in [1.82, 2.24) is 14.7 Å². The maximum absolute atomic E-state index is 11.4. The third-order valence-corrected chi connectivity index (χ3v) is 5.70. The van der Waals surface area contributed by atoms with Gasteiger partial charge in [-0.25, -0.2) is 4.79 Å². The summed E-state index contributed by atoms with van der Waals surface area (Å²) in [4.78, 5) is 12.9. The molecule has 2 fully saturated rings. The van der Waals surface area contributed by atoms with Crippen molar-refractivity contribution in [3.63, 3.8) is 0 Å². The van der Waals surface area contributed by atoms with E-state index in [0.29, 0.717) is 6.54 Å². The number of aromatic nitrogens is 2. The first-order chi connectivity index (χ1) is 11.3. The highest BCUT2D eigenvalue weighted by Crippen LogP contribution is 2.41. The molecule has 2 atom stereocenters. The van der Waals surface area contributed by atoms with E-state index in [0.717, 1.165) is 5.46 Å². The Hall–Kier alpha value is -1.54. The second-order valence-electron chi connectivity index (χ2n) is 9.16. The molecule has 138 valence electrons. The molecule has 1 amide bonds. The summed E-state index contributed by atoms with van der Waals surface area (Å²) in [5.74, 6) is 0. The summed E-state index contributed by atoms with van der Waals surface area (Å²) >= 11 is 0. The molecule has 3 rings (SSSR count). The molecule has 1 aromatic heterocycles. The highest BCUT2D eigenvalue weighted by atomic mass is 16.7. The number of nitrogens with zero attached hydrogens (tertiary/aromatic N) is 3. The fraction of sp³-hybridized carbons (Fsp3) is 0.765. The molecule has 0 radical (unpaired) electrons. The van der Waals surface area contributed by atoms with Gasteiger partial charge in [0.15, 0.2) is 0 Å². The van der Waals surface area contributed by atoms with Crippen molar-refractivity contribution in [2.45, 2.75) is 71.8 Å². The van der Waals surface area contributed by atoms with Gasteiger partial charge in [0.1, 0.15) is 0 Å². The van der Waals surface area contributed by atoms with Crippen LogP contribution in [0.1, 0.15) is 54.5 Å². The molecule has 8 heteroatoms. The first-order valence-electron chi connectivity index (χ1n) is 8.73. The minimum absolute atomic E-state index is 0.0206. The topological polar surface area (TPSA) is 76.8 Å². The quantitative estimate of drug-likeness (QED) is 0.828. The van der Waals surface area contributed by atoms with Gasteiger partial charge < -0.3 is 19.3 Å². The SMILES string of the molecule is CC(C)(C)C1C(n2cc(B3OC(C)(C)C(C)(C)O3)cn2)CN1C(=O)O. The van der Waals surface area contributed by atoms with Gasteiger partial charge in [-0.2, -0.15) is 5.10 Å². The summed E-state index contributed by atoms with van der Waals surface area (Å²) in [5.41, 5.74) is -0.105. The van der Waals surface area contributed by atoms with E-state index in [-0.39, 0.29) is 17.5 Å². The van der Waals surface area contributed by atoms with Crippen LogP contribution in [0, 0.1) is 5.41 Å². The zero-order chi connectivity index (χ0) is 18.8. The summed E-state index contributed by atoms with van der Waals surface area (Å²) < 4.78 is 14.0. The second-order valence-corrected chi connectivity index (χ2v) is 9.16. The lowest BCUT2D eigenvalue weighted by Gasteiger charge is -2.52. The van der Waals surface area contributed by atoms with Crippen LogP contribution in [0.25, 0.3) is 0 Å². The third kappa shape index (κ3) is 2.95. The van der Waals surface area contributed by atoms with Crippen molar-refractivity contribution in [3.8, 4) is 0 Å². The van der Waals surface area contributed by atoms with Crippen LogP contribution in [0.3, 0.4) is 0 Å². The maximum Gasteiger partial charge on any atom is 0.498 e. The summed E-state index contributed by atoms with van der Waals surface area (Å²) in [7, 11) is -0.456. The molecule has 3 heterocycles. The monoisotopic (exact) mass is 349 g/mol. The number of hydrogen-bond donors (Lipinski definition) is 1. The lowest BCUT2D eigenvalue weighted by molar-refractivity contribution is -0.0319. The van der Waals surface area contributed by atoms with Crippen LogP contribution < -0.4 is 5.46 Å². The Bertz CT molecular complexity index is 664. The Labute approximate surface area is 149 Å². The largest absolute Gasteiger partial charge is 0.498 e. The predicted molar refractivity (Wildman–Crippen MR) is 95.0 cm³/mol. The number of hydrogen-bond acceptors (Lipinski definition) is 4. The van der Waals surface area contributed by atoms with E-state index >= 15 is 0 Å². The van der Waals surface area contributed by atoms with Crippen LogP contribution in [0.5, 0.6) is 0 Å². The fourth-order valence-electron chi connectivity index (χ4n) is 3.59. The minimum Gasteiger partial charge on any atom is -0.465 e. The van der Waals surface area contributed by atoms with Gasteiger partial charge in [0.2, 0.25) is 0 Å². The number of likely N-dealkylation sites (tertiary alicyclic amines) is 1. The van der Waals surface area contributed by atoms with Crippen LogP contribution in [0.15, 0.2) is 12.4 Å². The Morgan fingerprint density at radius 2 is 1.84 bits per heavy atom. The molecule has 2 aliphatic rings. The Morgan fingerprint density at radius 1 is 1.28 bits per heavy atom. The Morgan fingerprint density at radius 3 is 2.32 bits per heavy atom. The molecule has 2 saturated heterocycles. The third-order valence-electron chi connectivity index (χ3n) is 5.70. The van der Waals surface area contributed by atoms with Crippen LogP contribution in [-0.2, 0) is 9.31 Å². The normalized spacial score (nSPS) is 28.1. The summed E-state index contributed by atoms with van der Waals surface area (Å²) in [5, 5.41) is 13.9. The first kappa shape index (κ1) is 18.3. The van der Waals surface area contributed by atoms with E-state index < -0.39 is 24.4 Å². The van der Waals surface area contributed by atoms with E-state index in [1.54, 1.807) is 6.20 Å². The number of carboxylic acid groups (broad SMARTS) is 1. The Balaban J connectivity index is 1.80. The number of rotatable bonds is 2. The zero-order valence-corrected chi connectivity index (χ0v) is 16.1. The van der Waals surface area contributed by atoms with Gasteiger partial charge >= 0.3 is 13.2 Å². The lowest BCUT2D eigenvalue weighted by atomic mass is 9.76. The van der Waals surface area contributed by atoms with Crippen molar-refractivity contribution in [3.05, 3.63) is 12.4 Å². The molecule has 7 nitrogen and oxygen atoms in total. The molecule has 2 aliphatic heterocycles. The van der Waals surface area contributed by atoms with Gasteiger partial charge in [-0.1, -0.05) is 20.8 Å². The molecule has 0 saturated carbocycles. The van der Waals surface area contributed by atoms with Crippen molar-refractivity contribution >= 4 is 18.7 Å². The summed E-state index contributed by atoms with van der Waals surface area (Å²) in [6.07, 6.45) is 2.80. The van der Waals surface area contributed by atoms with E-state index in [1.165, 1.54) is 4.90 Å². The van der Waals surface area contributed by atoms with Gasteiger partial charge in [-0.05, 0) is 33.1 Å². The van der Waals surface area contributed by atoms with Gasteiger partial charge in [0.05, 0.1) is 23.3 Å².